The summed E-state index contributed by atoms with van der Waals surface area (Å²) in [4.78, 5) is 0. The Hall–Kier alpha value is -2.25. The molecule has 0 saturated carbocycles. The summed E-state index contributed by atoms with van der Waals surface area (Å²) in [5, 5.41) is 0. The molecule has 2 aromatic rings. The van der Waals surface area contributed by atoms with Gasteiger partial charge in [-0.3, -0.25) is 0 Å². The standard InChI is InChI=1S/C12H4F7N/c13-3-1-4(7(15)5(14)2-3)6-8(16)9(17)10(18)11(19)12(6)20/h1-2H,20H2. The molecule has 0 heterocycles. The quantitative estimate of drug-likeness (QED) is 0.367. The molecule has 0 aliphatic rings. The van der Waals surface area contributed by atoms with Gasteiger partial charge in [0.1, 0.15) is 5.82 Å². The van der Waals surface area contributed by atoms with Crippen molar-refractivity contribution in [3.63, 3.8) is 0 Å². The second kappa shape index (κ2) is 4.69. The van der Waals surface area contributed by atoms with E-state index in [9.17, 15) is 30.7 Å². The first-order valence-corrected chi connectivity index (χ1v) is 5.02. The second-order valence-electron chi connectivity index (χ2n) is 3.79. The van der Waals surface area contributed by atoms with E-state index >= 15 is 0 Å². The van der Waals surface area contributed by atoms with Crippen molar-refractivity contribution in [2.45, 2.75) is 0 Å². The molecular formula is C12H4F7N. The lowest BCUT2D eigenvalue weighted by atomic mass is 10.0. The van der Waals surface area contributed by atoms with Gasteiger partial charge in [0.2, 0.25) is 0 Å². The fourth-order valence-corrected chi connectivity index (χ4v) is 1.65. The largest absolute Gasteiger partial charge is 0.396 e. The molecule has 0 fully saturated rings. The zero-order valence-electron chi connectivity index (χ0n) is 9.38. The lowest BCUT2D eigenvalue weighted by Gasteiger charge is -2.11. The maximum atomic E-state index is 13.6. The Morgan fingerprint density at radius 2 is 1.20 bits per heavy atom. The number of hydrogen-bond acceptors (Lipinski definition) is 1. The summed E-state index contributed by atoms with van der Waals surface area (Å²) in [5.41, 5.74) is 1.27. The predicted octanol–water partition coefficient (Wildman–Crippen LogP) is 3.91. The van der Waals surface area contributed by atoms with Crippen LogP contribution in [0.1, 0.15) is 0 Å². The average Bonchev–Trinajstić information content (AvgIpc) is 2.39. The van der Waals surface area contributed by atoms with Crippen LogP contribution in [0.2, 0.25) is 0 Å². The lowest BCUT2D eigenvalue weighted by molar-refractivity contribution is 0.412. The van der Waals surface area contributed by atoms with Crippen LogP contribution in [0.4, 0.5) is 36.4 Å². The van der Waals surface area contributed by atoms with E-state index < -0.39 is 57.5 Å². The first-order valence-electron chi connectivity index (χ1n) is 5.02. The SMILES string of the molecule is Nc1c(F)c(F)c(F)c(F)c1-c1cc(F)cc(F)c1F. The number of nitrogens with two attached hydrogens (primary N) is 1. The number of hydrogen-bond donors (Lipinski definition) is 1. The summed E-state index contributed by atoms with van der Waals surface area (Å²) < 4.78 is 92.3. The van der Waals surface area contributed by atoms with Crippen LogP contribution in [-0.4, -0.2) is 0 Å². The van der Waals surface area contributed by atoms with Crippen molar-refractivity contribution in [3.05, 3.63) is 52.9 Å². The molecule has 106 valence electrons. The number of benzene rings is 2. The molecule has 1 nitrogen and oxygen atoms in total. The molecule has 2 aromatic carbocycles. The van der Waals surface area contributed by atoms with Gasteiger partial charge in [-0.1, -0.05) is 0 Å². The zero-order chi connectivity index (χ0) is 15.2. The molecule has 8 heteroatoms. The van der Waals surface area contributed by atoms with E-state index in [0.29, 0.717) is 0 Å². The van der Waals surface area contributed by atoms with Crippen LogP contribution < -0.4 is 5.73 Å². The van der Waals surface area contributed by atoms with Gasteiger partial charge in [-0.25, -0.2) is 30.7 Å². The molecule has 0 aliphatic carbocycles. The van der Waals surface area contributed by atoms with E-state index in [1.807, 2.05) is 0 Å². The molecule has 0 spiro atoms. The molecule has 0 unspecified atom stereocenters. The molecule has 0 radical (unpaired) electrons. The van der Waals surface area contributed by atoms with Crippen LogP contribution in [-0.2, 0) is 0 Å². The molecule has 0 amide bonds. The van der Waals surface area contributed by atoms with Crippen molar-refractivity contribution >= 4 is 5.69 Å². The average molecular weight is 295 g/mol. The van der Waals surface area contributed by atoms with E-state index in [0.717, 1.165) is 0 Å². The summed E-state index contributed by atoms with van der Waals surface area (Å²) in [6, 6.07) is 0.424. The van der Waals surface area contributed by atoms with Crippen molar-refractivity contribution in [1.29, 1.82) is 0 Å². The van der Waals surface area contributed by atoms with Crippen LogP contribution >= 0.6 is 0 Å². The molecule has 0 aromatic heterocycles. The molecule has 2 rings (SSSR count). The van der Waals surface area contributed by atoms with Gasteiger partial charge in [0, 0.05) is 17.2 Å². The van der Waals surface area contributed by atoms with Crippen LogP contribution in [0.25, 0.3) is 11.1 Å². The van der Waals surface area contributed by atoms with Gasteiger partial charge in [-0.15, -0.1) is 0 Å². The van der Waals surface area contributed by atoms with E-state index in [1.54, 1.807) is 0 Å². The topological polar surface area (TPSA) is 26.0 Å². The highest BCUT2D eigenvalue weighted by Crippen LogP contribution is 2.36. The van der Waals surface area contributed by atoms with Gasteiger partial charge in [-0.05, 0) is 6.07 Å². The summed E-state index contributed by atoms with van der Waals surface area (Å²) >= 11 is 0. The van der Waals surface area contributed by atoms with Gasteiger partial charge in [-0.2, -0.15) is 0 Å². The normalized spacial score (nSPS) is 10.9. The van der Waals surface area contributed by atoms with E-state index in [-0.39, 0.29) is 12.1 Å². The highest BCUT2D eigenvalue weighted by molar-refractivity contribution is 5.78. The third kappa shape index (κ3) is 1.97. The van der Waals surface area contributed by atoms with Crippen molar-refractivity contribution in [2.24, 2.45) is 0 Å². The first-order chi connectivity index (χ1) is 9.25. The van der Waals surface area contributed by atoms with E-state index in [1.165, 1.54) is 0 Å². The molecule has 2 N–H and O–H groups in total. The highest BCUT2D eigenvalue weighted by Gasteiger charge is 2.27. The van der Waals surface area contributed by atoms with Crippen molar-refractivity contribution < 1.29 is 30.7 Å². The fourth-order valence-electron chi connectivity index (χ4n) is 1.65. The Labute approximate surface area is 107 Å². The van der Waals surface area contributed by atoms with Gasteiger partial charge in [0.25, 0.3) is 0 Å². The Kier molecular flexibility index (Phi) is 3.33. The number of anilines is 1. The molecule has 20 heavy (non-hydrogen) atoms. The Bertz CT molecular complexity index is 683. The Morgan fingerprint density at radius 3 is 1.80 bits per heavy atom. The predicted molar refractivity (Wildman–Crippen MR) is 56.0 cm³/mol. The third-order valence-electron chi connectivity index (χ3n) is 2.57. The van der Waals surface area contributed by atoms with Crippen LogP contribution in [0.3, 0.4) is 0 Å². The third-order valence-corrected chi connectivity index (χ3v) is 2.57. The second-order valence-corrected chi connectivity index (χ2v) is 3.79. The molecule has 0 bridgehead atoms. The zero-order valence-corrected chi connectivity index (χ0v) is 9.38. The molecular weight excluding hydrogens is 291 g/mol. The first kappa shape index (κ1) is 14.2. The molecule has 0 aliphatic heterocycles. The van der Waals surface area contributed by atoms with Crippen molar-refractivity contribution in [3.8, 4) is 11.1 Å². The maximum Gasteiger partial charge on any atom is 0.199 e. The van der Waals surface area contributed by atoms with Crippen molar-refractivity contribution in [2.75, 3.05) is 5.73 Å². The smallest absolute Gasteiger partial charge is 0.199 e. The summed E-state index contributed by atoms with van der Waals surface area (Å²) in [5.74, 6) is -13.3. The van der Waals surface area contributed by atoms with Gasteiger partial charge in [0.05, 0.1) is 5.69 Å². The van der Waals surface area contributed by atoms with Crippen LogP contribution in [0, 0.1) is 40.7 Å². The highest BCUT2D eigenvalue weighted by atomic mass is 19.2. The molecule has 0 saturated heterocycles. The van der Waals surface area contributed by atoms with Crippen LogP contribution in [0.15, 0.2) is 12.1 Å². The molecule has 0 atom stereocenters. The number of rotatable bonds is 1. The minimum atomic E-state index is -2.27. The minimum Gasteiger partial charge on any atom is -0.396 e. The Morgan fingerprint density at radius 1 is 0.650 bits per heavy atom. The van der Waals surface area contributed by atoms with Gasteiger partial charge in [0.15, 0.2) is 34.9 Å². The van der Waals surface area contributed by atoms with Gasteiger partial charge >= 0.3 is 0 Å². The Balaban J connectivity index is 2.91. The minimum absolute atomic E-state index is 0.142. The van der Waals surface area contributed by atoms with Crippen molar-refractivity contribution in [1.82, 2.24) is 0 Å². The summed E-state index contributed by atoms with van der Waals surface area (Å²) in [6.45, 7) is 0. The monoisotopic (exact) mass is 295 g/mol. The summed E-state index contributed by atoms with van der Waals surface area (Å²) in [7, 11) is 0. The lowest BCUT2D eigenvalue weighted by Crippen LogP contribution is -2.07. The maximum absolute atomic E-state index is 13.6. The van der Waals surface area contributed by atoms with Gasteiger partial charge < -0.3 is 5.73 Å². The number of halogens is 7. The van der Waals surface area contributed by atoms with E-state index in [4.69, 9.17) is 5.73 Å². The summed E-state index contributed by atoms with van der Waals surface area (Å²) in [6.07, 6.45) is 0. The fraction of sp³-hybridized carbons (Fsp3) is 0. The number of nitrogen functional groups attached to an aromatic ring is 1. The van der Waals surface area contributed by atoms with Crippen LogP contribution in [0.5, 0.6) is 0 Å². The van der Waals surface area contributed by atoms with E-state index in [2.05, 4.69) is 0 Å².